The van der Waals surface area contributed by atoms with Gasteiger partial charge in [0.25, 0.3) is 5.91 Å². The van der Waals surface area contributed by atoms with Crippen LogP contribution in [0.25, 0.3) is 10.9 Å². The number of piperidine rings is 2. The molecule has 2 N–H and O–H groups in total. The molecule has 0 spiro atoms. The standard InChI is InChI=1S/C28H41ClN6O2/c1-28(21-6-10-32(2)11-7-21,31-26(36)25-19-20-18-22(29)4-5-24(20)30-25)27(37)35-16-14-34(15-17-35)23-8-12-33(3)13-9-23/h4-5,18-19,21,23,30H,6-17H2,1-3H3,(H,31,36)/t28-/m0/s1. The molecule has 3 aliphatic rings. The first-order valence-corrected chi connectivity index (χ1v) is 14.1. The Labute approximate surface area is 225 Å². The van der Waals surface area contributed by atoms with Crippen molar-refractivity contribution in [2.24, 2.45) is 5.92 Å². The van der Waals surface area contributed by atoms with Crippen LogP contribution in [0, 0.1) is 5.92 Å². The van der Waals surface area contributed by atoms with Crippen molar-refractivity contribution >= 4 is 34.3 Å². The topological polar surface area (TPSA) is 74.9 Å². The van der Waals surface area contributed by atoms with E-state index in [0.29, 0.717) is 29.8 Å². The summed E-state index contributed by atoms with van der Waals surface area (Å²) < 4.78 is 0. The molecule has 0 radical (unpaired) electrons. The molecule has 0 aliphatic carbocycles. The third kappa shape index (κ3) is 5.67. The summed E-state index contributed by atoms with van der Waals surface area (Å²) in [5.41, 5.74) is 0.353. The van der Waals surface area contributed by atoms with Crippen LogP contribution in [0.1, 0.15) is 43.1 Å². The van der Waals surface area contributed by atoms with Crippen LogP contribution in [0.15, 0.2) is 24.3 Å². The first kappa shape index (κ1) is 26.5. The molecule has 1 aromatic carbocycles. The van der Waals surface area contributed by atoms with Gasteiger partial charge in [0.15, 0.2) is 0 Å². The van der Waals surface area contributed by atoms with Gasteiger partial charge in [-0.3, -0.25) is 14.5 Å². The van der Waals surface area contributed by atoms with Crippen molar-refractivity contribution in [3.8, 4) is 0 Å². The molecule has 9 heteroatoms. The predicted molar refractivity (Wildman–Crippen MR) is 148 cm³/mol. The van der Waals surface area contributed by atoms with E-state index in [0.717, 1.165) is 63.0 Å². The highest BCUT2D eigenvalue weighted by Gasteiger charge is 2.46. The summed E-state index contributed by atoms with van der Waals surface area (Å²) in [5, 5.41) is 4.73. The SMILES string of the molecule is CN1CCC(N2CCN(C(=O)[C@@](C)(NC(=O)c3cc4cc(Cl)ccc4[nH]3)C3CCN(C)CC3)CC2)CC1. The maximum absolute atomic E-state index is 14.2. The van der Waals surface area contributed by atoms with E-state index in [1.807, 2.05) is 30.0 Å². The lowest BCUT2D eigenvalue weighted by molar-refractivity contribution is -0.142. The Bertz CT molecular complexity index is 1110. The van der Waals surface area contributed by atoms with Crippen molar-refractivity contribution in [1.29, 1.82) is 0 Å². The van der Waals surface area contributed by atoms with Crippen molar-refractivity contribution in [2.75, 3.05) is 66.5 Å². The highest BCUT2D eigenvalue weighted by Crippen LogP contribution is 2.31. The Kier molecular flexibility index (Phi) is 7.82. The fourth-order valence-electron chi connectivity index (χ4n) is 6.42. The van der Waals surface area contributed by atoms with E-state index < -0.39 is 5.54 Å². The minimum atomic E-state index is -0.955. The lowest BCUT2D eigenvalue weighted by atomic mass is 9.77. The number of benzene rings is 1. The van der Waals surface area contributed by atoms with Crippen LogP contribution in [-0.2, 0) is 4.79 Å². The van der Waals surface area contributed by atoms with Gasteiger partial charge in [-0.05, 0) is 103 Å². The van der Waals surface area contributed by atoms with Gasteiger partial charge < -0.3 is 25.0 Å². The quantitative estimate of drug-likeness (QED) is 0.624. The zero-order chi connectivity index (χ0) is 26.2. The molecule has 202 valence electrons. The van der Waals surface area contributed by atoms with Gasteiger partial charge in [0.2, 0.25) is 5.91 Å². The third-order valence-electron chi connectivity index (χ3n) is 8.99. The largest absolute Gasteiger partial charge is 0.351 e. The fraction of sp³-hybridized carbons (Fsp3) is 0.643. The van der Waals surface area contributed by atoms with E-state index in [1.165, 1.54) is 12.8 Å². The average molecular weight is 529 g/mol. The molecule has 4 heterocycles. The van der Waals surface area contributed by atoms with Crippen molar-refractivity contribution in [1.82, 2.24) is 29.9 Å². The molecule has 3 fully saturated rings. The van der Waals surface area contributed by atoms with Gasteiger partial charge in [-0.15, -0.1) is 0 Å². The molecule has 0 unspecified atom stereocenters. The van der Waals surface area contributed by atoms with Gasteiger partial charge in [-0.25, -0.2) is 0 Å². The fourth-order valence-corrected chi connectivity index (χ4v) is 6.60. The summed E-state index contributed by atoms with van der Waals surface area (Å²) in [6, 6.07) is 7.95. The Morgan fingerprint density at radius 2 is 1.54 bits per heavy atom. The molecule has 2 aromatic rings. The average Bonchev–Trinajstić information content (AvgIpc) is 3.32. The van der Waals surface area contributed by atoms with E-state index in [-0.39, 0.29) is 17.7 Å². The van der Waals surface area contributed by atoms with Gasteiger partial charge in [-0.2, -0.15) is 0 Å². The molecular formula is C28H41ClN6O2. The second-order valence-electron chi connectivity index (χ2n) is 11.5. The molecular weight excluding hydrogens is 488 g/mol. The molecule has 0 saturated carbocycles. The zero-order valence-corrected chi connectivity index (χ0v) is 23.2. The Balaban J connectivity index is 1.31. The van der Waals surface area contributed by atoms with Crippen molar-refractivity contribution in [3.05, 3.63) is 35.0 Å². The molecule has 37 heavy (non-hydrogen) atoms. The number of carbonyl (C=O) groups is 2. The number of halogens is 1. The molecule has 3 aliphatic heterocycles. The van der Waals surface area contributed by atoms with Crippen LogP contribution >= 0.6 is 11.6 Å². The number of nitrogens with one attached hydrogen (secondary N) is 2. The van der Waals surface area contributed by atoms with Crippen molar-refractivity contribution < 1.29 is 9.59 Å². The normalized spacial score (nSPS) is 23.3. The van der Waals surface area contributed by atoms with Gasteiger partial charge >= 0.3 is 0 Å². The number of carbonyl (C=O) groups excluding carboxylic acids is 2. The number of H-pyrrole nitrogens is 1. The van der Waals surface area contributed by atoms with E-state index >= 15 is 0 Å². The number of piperazine rings is 1. The monoisotopic (exact) mass is 528 g/mol. The Morgan fingerprint density at radius 1 is 0.919 bits per heavy atom. The number of aromatic amines is 1. The summed E-state index contributed by atoms with van der Waals surface area (Å²) >= 11 is 6.15. The van der Waals surface area contributed by atoms with Crippen LogP contribution in [-0.4, -0.2) is 114 Å². The van der Waals surface area contributed by atoms with E-state index in [9.17, 15) is 9.59 Å². The summed E-state index contributed by atoms with van der Waals surface area (Å²) in [6.07, 6.45) is 4.17. The lowest BCUT2D eigenvalue weighted by Crippen LogP contribution is -2.65. The highest BCUT2D eigenvalue weighted by atomic mass is 35.5. The van der Waals surface area contributed by atoms with Crippen molar-refractivity contribution in [2.45, 2.75) is 44.2 Å². The molecule has 3 saturated heterocycles. The summed E-state index contributed by atoms with van der Waals surface area (Å²) in [4.78, 5) is 40.1. The predicted octanol–water partition coefficient (Wildman–Crippen LogP) is 2.89. The second kappa shape index (κ2) is 10.9. The van der Waals surface area contributed by atoms with Crippen LogP contribution in [0.5, 0.6) is 0 Å². The van der Waals surface area contributed by atoms with Crippen molar-refractivity contribution in [3.63, 3.8) is 0 Å². The van der Waals surface area contributed by atoms with Gasteiger partial charge in [0, 0.05) is 48.1 Å². The third-order valence-corrected chi connectivity index (χ3v) is 9.22. The highest BCUT2D eigenvalue weighted by molar-refractivity contribution is 6.31. The van der Waals surface area contributed by atoms with E-state index in [2.05, 4.69) is 39.1 Å². The molecule has 8 nitrogen and oxygen atoms in total. The van der Waals surface area contributed by atoms with E-state index in [1.54, 1.807) is 6.07 Å². The Hall–Kier alpha value is -2.13. The number of likely N-dealkylation sites (tertiary alicyclic amines) is 2. The molecule has 5 rings (SSSR count). The summed E-state index contributed by atoms with van der Waals surface area (Å²) in [7, 11) is 4.31. The smallest absolute Gasteiger partial charge is 0.268 e. The number of hydrogen-bond donors (Lipinski definition) is 2. The molecule has 2 amide bonds. The first-order valence-electron chi connectivity index (χ1n) is 13.7. The first-order chi connectivity index (χ1) is 17.7. The maximum Gasteiger partial charge on any atom is 0.268 e. The number of aromatic nitrogens is 1. The number of amides is 2. The number of nitrogens with zero attached hydrogens (tertiary/aromatic N) is 4. The van der Waals surface area contributed by atoms with Crippen LogP contribution in [0.2, 0.25) is 5.02 Å². The molecule has 1 atom stereocenters. The Morgan fingerprint density at radius 3 is 2.19 bits per heavy atom. The maximum atomic E-state index is 14.2. The zero-order valence-electron chi connectivity index (χ0n) is 22.4. The van der Waals surface area contributed by atoms with Gasteiger partial charge in [-0.1, -0.05) is 11.6 Å². The van der Waals surface area contributed by atoms with Gasteiger partial charge in [0.05, 0.1) is 0 Å². The van der Waals surface area contributed by atoms with Gasteiger partial charge in [0.1, 0.15) is 11.2 Å². The van der Waals surface area contributed by atoms with Crippen LogP contribution in [0.4, 0.5) is 0 Å². The van der Waals surface area contributed by atoms with Crippen LogP contribution < -0.4 is 5.32 Å². The van der Waals surface area contributed by atoms with E-state index in [4.69, 9.17) is 11.6 Å². The minimum Gasteiger partial charge on any atom is -0.351 e. The lowest BCUT2D eigenvalue weighted by Gasteiger charge is -2.47. The van der Waals surface area contributed by atoms with Crippen LogP contribution in [0.3, 0.4) is 0 Å². The second-order valence-corrected chi connectivity index (χ2v) is 11.9. The minimum absolute atomic E-state index is 0.0533. The molecule has 1 aromatic heterocycles. The summed E-state index contributed by atoms with van der Waals surface area (Å²) in [5.74, 6) is -0.101. The molecule has 0 bridgehead atoms. The number of fused-ring (bicyclic) bond motifs is 1. The number of rotatable bonds is 5. The number of hydrogen-bond acceptors (Lipinski definition) is 5. The summed E-state index contributed by atoms with van der Waals surface area (Å²) in [6.45, 7) is 9.33.